The van der Waals surface area contributed by atoms with Gasteiger partial charge in [-0.05, 0) is 63.5 Å². The Balaban J connectivity index is 1.75. The van der Waals surface area contributed by atoms with Gasteiger partial charge in [0.2, 0.25) is 5.91 Å². The largest absolute Gasteiger partial charge is 0.493 e. The smallest absolute Gasteiger partial charge is 0.227 e. The van der Waals surface area contributed by atoms with E-state index in [4.69, 9.17) is 9.47 Å². The molecule has 0 radical (unpaired) electrons. The summed E-state index contributed by atoms with van der Waals surface area (Å²) in [7, 11) is 3.30. The normalized spacial score (nSPS) is 16.1. The molecule has 0 saturated carbocycles. The SMILES string of the molecule is COc1cc2c(cc1OC)C(c1cccs1)N(C(=O)Cc1ccsc1)CC2. The van der Waals surface area contributed by atoms with Crippen molar-refractivity contribution in [2.45, 2.75) is 18.9 Å². The molecule has 4 rings (SSSR count). The Kier molecular flexibility index (Phi) is 5.18. The van der Waals surface area contributed by atoms with Crippen LogP contribution < -0.4 is 9.47 Å². The molecule has 1 aromatic carbocycles. The summed E-state index contributed by atoms with van der Waals surface area (Å²) in [5.41, 5.74) is 3.42. The van der Waals surface area contributed by atoms with Gasteiger partial charge in [0.25, 0.3) is 0 Å². The van der Waals surface area contributed by atoms with Crippen LogP contribution in [0.4, 0.5) is 0 Å². The lowest BCUT2D eigenvalue weighted by molar-refractivity contribution is -0.132. The summed E-state index contributed by atoms with van der Waals surface area (Å²) in [5, 5.41) is 6.12. The number of nitrogens with zero attached hydrogens (tertiary/aromatic N) is 1. The lowest BCUT2D eigenvalue weighted by atomic mass is 9.90. The molecular formula is C21H21NO3S2. The van der Waals surface area contributed by atoms with Crippen LogP contribution in [-0.4, -0.2) is 31.6 Å². The fourth-order valence-electron chi connectivity index (χ4n) is 3.64. The summed E-state index contributed by atoms with van der Waals surface area (Å²) in [4.78, 5) is 16.3. The predicted octanol–water partition coefficient (Wildman–Crippen LogP) is 4.54. The first-order valence-electron chi connectivity index (χ1n) is 8.80. The van der Waals surface area contributed by atoms with E-state index in [9.17, 15) is 4.79 Å². The Morgan fingerprint density at radius 1 is 1.19 bits per heavy atom. The quantitative estimate of drug-likeness (QED) is 0.632. The minimum atomic E-state index is -0.0836. The van der Waals surface area contributed by atoms with Gasteiger partial charge in [-0.25, -0.2) is 0 Å². The van der Waals surface area contributed by atoms with Gasteiger partial charge >= 0.3 is 0 Å². The van der Waals surface area contributed by atoms with Crippen molar-refractivity contribution in [2.75, 3.05) is 20.8 Å². The molecule has 1 amide bonds. The summed E-state index contributed by atoms with van der Waals surface area (Å²) < 4.78 is 11.0. The third-order valence-electron chi connectivity index (χ3n) is 4.94. The maximum absolute atomic E-state index is 13.1. The lowest BCUT2D eigenvalue weighted by Gasteiger charge is -2.37. The molecule has 1 aliphatic rings. The topological polar surface area (TPSA) is 38.8 Å². The van der Waals surface area contributed by atoms with E-state index in [1.54, 1.807) is 36.9 Å². The molecule has 0 fully saturated rings. The summed E-state index contributed by atoms with van der Waals surface area (Å²) in [6.45, 7) is 0.702. The molecule has 3 aromatic rings. The summed E-state index contributed by atoms with van der Waals surface area (Å²) in [5.74, 6) is 1.59. The van der Waals surface area contributed by atoms with Crippen LogP contribution in [0, 0.1) is 0 Å². The maximum Gasteiger partial charge on any atom is 0.227 e. The van der Waals surface area contributed by atoms with Gasteiger partial charge in [0.1, 0.15) is 0 Å². The zero-order chi connectivity index (χ0) is 18.8. The van der Waals surface area contributed by atoms with E-state index in [-0.39, 0.29) is 11.9 Å². The molecule has 27 heavy (non-hydrogen) atoms. The van der Waals surface area contributed by atoms with Gasteiger partial charge in [-0.15, -0.1) is 11.3 Å². The van der Waals surface area contributed by atoms with Crippen LogP contribution in [0.3, 0.4) is 0 Å². The second kappa shape index (κ2) is 7.74. The highest BCUT2D eigenvalue weighted by Gasteiger charge is 2.33. The molecular weight excluding hydrogens is 378 g/mol. The van der Waals surface area contributed by atoms with Crippen molar-refractivity contribution in [3.8, 4) is 11.5 Å². The molecule has 2 aromatic heterocycles. The Morgan fingerprint density at radius 3 is 2.67 bits per heavy atom. The Morgan fingerprint density at radius 2 is 2.00 bits per heavy atom. The lowest BCUT2D eigenvalue weighted by Crippen LogP contribution is -2.41. The van der Waals surface area contributed by atoms with Crippen LogP contribution in [0.2, 0.25) is 0 Å². The Hall–Kier alpha value is -2.31. The standard InChI is InChI=1S/C21H21NO3S2/c1-24-17-11-15-5-7-22(20(23)10-14-6-9-26-13-14)21(19-4-3-8-27-19)16(15)12-18(17)25-2/h3-4,6,8-9,11-13,21H,5,7,10H2,1-2H3. The molecule has 0 bridgehead atoms. The molecule has 4 nitrogen and oxygen atoms in total. The minimum Gasteiger partial charge on any atom is -0.493 e. The number of thiophene rings is 2. The summed E-state index contributed by atoms with van der Waals surface area (Å²) in [6, 6.07) is 10.2. The highest BCUT2D eigenvalue weighted by atomic mass is 32.1. The fraction of sp³-hybridized carbons (Fsp3) is 0.286. The number of benzene rings is 1. The average molecular weight is 400 g/mol. The van der Waals surface area contributed by atoms with Crippen LogP contribution in [0.25, 0.3) is 0 Å². The van der Waals surface area contributed by atoms with E-state index in [0.29, 0.717) is 18.7 Å². The van der Waals surface area contributed by atoms with E-state index < -0.39 is 0 Å². The number of carbonyl (C=O) groups excluding carboxylic acids is 1. The first-order chi connectivity index (χ1) is 13.2. The van der Waals surface area contributed by atoms with Crippen LogP contribution in [-0.2, 0) is 17.6 Å². The second-order valence-electron chi connectivity index (χ2n) is 6.47. The molecule has 0 spiro atoms. The van der Waals surface area contributed by atoms with Crippen molar-refractivity contribution in [1.82, 2.24) is 4.90 Å². The molecule has 3 heterocycles. The second-order valence-corrected chi connectivity index (χ2v) is 8.23. The van der Waals surface area contributed by atoms with Crippen molar-refractivity contribution in [1.29, 1.82) is 0 Å². The monoisotopic (exact) mass is 399 g/mol. The number of rotatable bonds is 5. The third-order valence-corrected chi connectivity index (χ3v) is 6.60. The zero-order valence-corrected chi connectivity index (χ0v) is 16.9. The molecule has 1 atom stereocenters. The van der Waals surface area contributed by atoms with E-state index in [0.717, 1.165) is 23.3 Å². The third kappa shape index (κ3) is 3.47. The molecule has 140 valence electrons. The van der Waals surface area contributed by atoms with Gasteiger partial charge < -0.3 is 14.4 Å². The number of hydrogen-bond donors (Lipinski definition) is 0. The van der Waals surface area contributed by atoms with Crippen molar-refractivity contribution < 1.29 is 14.3 Å². The van der Waals surface area contributed by atoms with Crippen molar-refractivity contribution >= 4 is 28.6 Å². The summed E-state index contributed by atoms with van der Waals surface area (Å²) >= 11 is 3.31. The first-order valence-corrected chi connectivity index (χ1v) is 10.6. The Labute approximate surface area is 167 Å². The fourth-order valence-corrected chi connectivity index (χ4v) is 5.16. The predicted molar refractivity (Wildman–Crippen MR) is 109 cm³/mol. The minimum absolute atomic E-state index is 0.0836. The highest BCUT2D eigenvalue weighted by molar-refractivity contribution is 7.10. The molecule has 1 unspecified atom stereocenters. The van der Waals surface area contributed by atoms with Crippen LogP contribution in [0.1, 0.15) is 27.6 Å². The molecule has 0 saturated heterocycles. The van der Waals surface area contributed by atoms with Gasteiger partial charge in [0, 0.05) is 11.4 Å². The average Bonchev–Trinajstić information content (AvgIpc) is 3.39. The number of hydrogen-bond acceptors (Lipinski definition) is 5. The van der Waals surface area contributed by atoms with Gasteiger partial charge in [0.15, 0.2) is 11.5 Å². The van der Waals surface area contributed by atoms with Crippen molar-refractivity contribution in [2.24, 2.45) is 0 Å². The van der Waals surface area contributed by atoms with Gasteiger partial charge in [-0.1, -0.05) is 6.07 Å². The molecule has 1 aliphatic heterocycles. The van der Waals surface area contributed by atoms with Crippen molar-refractivity contribution in [3.63, 3.8) is 0 Å². The maximum atomic E-state index is 13.1. The number of ether oxygens (including phenoxy) is 2. The molecule has 0 N–H and O–H groups in total. The van der Waals surface area contributed by atoms with E-state index in [2.05, 4.69) is 17.5 Å². The first kappa shape index (κ1) is 18.1. The van der Waals surface area contributed by atoms with Crippen LogP contribution in [0.15, 0.2) is 46.5 Å². The van der Waals surface area contributed by atoms with Crippen LogP contribution in [0.5, 0.6) is 11.5 Å². The summed E-state index contributed by atoms with van der Waals surface area (Å²) in [6.07, 6.45) is 1.25. The van der Waals surface area contributed by atoms with E-state index in [1.807, 2.05) is 33.9 Å². The van der Waals surface area contributed by atoms with E-state index >= 15 is 0 Å². The van der Waals surface area contributed by atoms with Crippen molar-refractivity contribution in [3.05, 3.63) is 68.0 Å². The van der Waals surface area contributed by atoms with Gasteiger partial charge in [-0.3, -0.25) is 4.79 Å². The molecule has 0 aliphatic carbocycles. The number of carbonyl (C=O) groups is 1. The van der Waals surface area contributed by atoms with Crippen LogP contribution >= 0.6 is 22.7 Å². The number of fused-ring (bicyclic) bond motifs is 1. The van der Waals surface area contributed by atoms with E-state index in [1.165, 1.54) is 10.4 Å². The highest BCUT2D eigenvalue weighted by Crippen LogP contribution is 2.42. The Bertz CT molecular complexity index is 919. The molecule has 6 heteroatoms. The van der Waals surface area contributed by atoms with Gasteiger partial charge in [-0.2, -0.15) is 11.3 Å². The zero-order valence-electron chi connectivity index (χ0n) is 15.3. The van der Waals surface area contributed by atoms with Gasteiger partial charge in [0.05, 0.1) is 26.7 Å². The number of methoxy groups -OCH3 is 2. The number of amides is 1.